The van der Waals surface area contributed by atoms with Crippen LogP contribution in [0.25, 0.3) is 16.1 Å². The minimum absolute atomic E-state index is 0.0315. The third kappa shape index (κ3) is 1.84. The molecule has 0 saturated heterocycles. The summed E-state index contributed by atoms with van der Waals surface area (Å²) in [5.74, 6) is -1.17. The number of carboxylic acid groups (broad SMARTS) is 1. The summed E-state index contributed by atoms with van der Waals surface area (Å²) in [6, 6.07) is 8.43. The van der Waals surface area contributed by atoms with Gasteiger partial charge in [0.1, 0.15) is 4.88 Å². The largest absolute Gasteiger partial charge is 0.477 e. The standard InChI is InChI=1S/C13H8N2O4S/c14-7-3-1-6(2-4-7)9-5-8(10(20-9)13(18)19)15-11(16)12(15)17/h1-5H,14H2,(H,18,19). The van der Waals surface area contributed by atoms with Crippen molar-refractivity contribution >= 4 is 23.0 Å². The van der Waals surface area contributed by atoms with Crippen molar-refractivity contribution < 1.29 is 9.90 Å². The first-order chi connectivity index (χ1) is 9.49. The highest BCUT2D eigenvalue weighted by atomic mass is 32.1. The number of nitrogens with zero attached hydrogens (tertiary/aromatic N) is 1. The number of hydrogen-bond acceptors (Lipinski definition) is 5. The van der Waals surface area contributed by atoms with E-state index in [1.807, 2.05) is 0 Å². The minimum Gasteiger partial charge on any atom is -0.477 e. The van der Waals surface area contributed by atoms with E-state index in [-0.39, 0.29) is 10.6 Å². The van der Waals surface area contributed by atoms with Gasteiger partial charge in [-0.3, -0.25) is 9.59 Å². The summed E-state index contributed by atoms with van der Waals surface area (Å²) >= 11 is 1.01. The smallest absolute Gasteiger partial charge is 0.348 e. The van der Waals surface area contributed by atoms with Crippen molar-refractivity contribution in [3.8, 4) is 16.1 Å². The molecule has 0 bridgehead atoms. The zero-order valence-corrected chi connectivity index (χ0v) is 10.8. The molecule has 2 heterocycles. The molecule has 0 unspecified atom stereocenters. The first-order valence-corrected chi connectivity index (χ1v) is 6.42. The van der Waals surface area contributed by atoms with Crippen molar-refractivity contribution in [3.05, 3.63) is 55.9 Å². The number of nitrogen functional groups attached to an aromatic ring is 1. The zero-order valence-electron chi connectivity index (χ0n) is 9.99. The Morgan fingerprint density at radius 1 is 1.15 bits per heavy atom. The second-order valence-corrected chi connectivity index (χ2v) is 5.25. The van der Waals surface area contributed by atoms with Crippen molar-refractivity contribution in [1.29, 1.82) is 0 Å². The first kappa shape index (κ1) is 12.4. The van der Waals surface area contributed by atoms with Crippen LogP contribution in [0.5, 0.6) is 0 Å². The van der Waals surface area contributed by atoms with E-state index < -0.39 is 17.1 Å². The van der Waals surface area contributed by atoms with Gasteiger partial charge in [-0.2, -0.15) is 0 Å². The highest BCUT2D eigenvalue weighted by Crippen LogP contribution is 2.33. The van der Waals surface area contributed by atoms with E-state index in [1.54, 1.807) is 24.3 Å². The number of aromatic carboxylic acids is 1. The molecule has 20 heavy (non-hydrogen) atoms. The van der Waals surface area contributed by atoms with Gasteiger partial charge in [-0.15, -0.1) is 11.3 Å². The molecule has 0 fully saturated rings. The Bertz CT molecular complexity index is 856. The van der Waals surface area contributed by atoms with Crippen LogP contribution < -0.4 is 16.9 Å². The Balaban J connectivity index is 2.15. The number of rotatable bonds is 3. The maximum Gasteiger partial charge on any atom is 0.348 e. The maximum atomic E-state index is 11.2. The van der Waals surface area contributed by atoms with Crippen molar-refractivity contribution in [2.24, 2.45) is 0 Å². The quantitative estimate of drug-likeness (QED) is 0.554. The molecule has 0 aliphatic heterocycles. The lowest BCUT2D eigenvalue weighted by Gasteiger charge is -1.97. The fourth-order valence-corrected chi connectivity index (χ4v) is 2.83. The molecular formula is C13H8N2O4S. The average Bonchev–Trinajstić information content (AvgIpc) is 2.85. The second-order valence-electron chi connectivity index (χ2n) is 4.20. The minimum atomic E-state index is -1.17. The molecule has 3 rings (SSSR count). The van der Waals surface area contributed by atoms with Gasteiger partial charge in [-0.1, -0.05) is 12.1 Å². The lowest BCUT2D eigenvalue weighted by molar-refractivity contribution is 0.0702. The summed E-state index contributed by atoms with van der Waals surface area (Å²) in [5.41, 5.74) is 5.73. The van der Waals surface area contributed by atoms with Crippen LogP contribution >= 0.6 is 11.3 Å². The molecule has 100 valence electrons. The summed E-state index contributed by atoms with van der Waals surface area (Å²) < 4.78 is 0.862. The van der Waals surface area contributed by atoms with E-state index in [4.69, 9.17) is 10.8 Å². The number of anilines is 1. The van der Waals surface area contributed by atoms with E-state index in [2.05, 4.69) is 0 Å². The molecule has 3 N–H and O–H groups in total. The van der Waals surface area contributed by atoms with E-state index in [0.717, 1.165) is 21.5 Å². The molecule has 0 aliphatic rings. The second kappa shape index (κ2) is 4.17. The Kier molecular flexibility index (Phi) is 2.58. The van der Waals surface area contributed by atoms with Crippen LogP contribution in [0.2, 0.25) is 0 Å². The number of aromatic nitrogens is 1. The van der Waals surface area contributed by atoms with Crippen LogP contribution in [0.3, 0.4) is 0 Å². The van der Waals surface area contributed by atoms with E-state index in [0.29, 0.717) is 10.6 Å². The summed E-state index contributed by atoms with van der Waals surface area (Å²) in [4.78, 5) is 34.1. The van der Waals surface area contributed by atoms with Gasteiger partial charge in [-0.05, 0) is 23.8 Å². The number of hydrogen-bond donors (Lipinski definition) is 2. The van der Waals surface area contributed by atoms with Crippen LogP contribution in [0, 0.1) is 0 Å². The molecular weight excluding hydrogens is 280 g/mol. The van der Waals surface area contributed by atoms with Gasteiger partial charge in [0.25, 0.3) is 0 Å². The number of nitrogens with two attached hydrogens (primary N) is 1. The van der Waals surface area contributed by atoms with Crippen LogP contribution in [0.4, 0.5) is 5.69 Å². The highest BCUT2D eigenvalue weighted by Gasteiger charge is 2.26. The number of thiophene rings is 1. The monoisotopic (exact) mass is 288 g/mol. The van der Waals surface area contributed by atoms with Gasteiger partial charge in [0.2, 0.25) is 0 Å². The van der Waals surface area contributed by atoms with Crippen molar-refractivity contribution in [2.75, 3.05) is 5.73 Å². The Morgan fingerprint density at radius 3 is 2.25 bits per heavy atom. The molecule has 2 aromatic heterocycles. The third-order valence-corrected chi connectivity index (χ3v) is 4.04. The predicted octanol–water partition coefficient (Wildman–Crippen LogP) is 1.08. The molecule has 3 aromatic rings. The molecule has 0 atom stereocenters. The van der Waals surface area contributed by atoms with Crippen molar-refractivity contribution in [3.63, 3.8) is 0 Å². The molecule has 1 aromatic carbocycles. The van der Waals surface area contributed by atoms with Crippen LogP contribution in [-0.4, -0.2) is 15.6 Å². The molecule has 6 nitrogen and oxygen atoms in total. The van der Waals surface area contributed by atoms with Crippen molar-refractivity contribution in [2.45, 2.75) is 0 Å². The Hall–Kier alpha value is -2.67. The van der Waals surface area contributed by atoms with Crippen LogP contribution in [0.1, 0.15) is 9.67 Å². The normalized spacial score (nSPS) is 11.0. The summed E-state index contributed by atoms with van der Waals surface area (Å²) in [6.45, 7) is 0. The SMILES string of the molecule is Nc1ccc(-c2cc(-n3c(=O)c3=O)c(C(=O)O)s2)cc1. The fraction of sp³-hybridized carbons (Fsp3) is 0. The lowest BCUT2D eigenvalue weighted by atomic mass is 10.1. The van der Waals surface area contributed by atoms with Gasteiger partial charge in [-0.25, -0.2) is 9.36 Å². The van der Waals surface area contributed by atoms with Gasteiger partial charge in [0, 0.05) is 10.6 Å². The number of benzene rings is 1. The number of carboxylic acids is 1. The predicted molar refractivity (Wildman–Crippen MR) is 75.4 cm³/mol. The van der Waals surface area contributed by atoms with Gasteiger partial charge >= 0.3 is 17.1 Å². The van der Waals surface area contributed by atoms with Crippen LogP contribution in [0.15, 0.2) is 39.9 Å². The third-order valence-electron chi connectivity index (χ3n) is 2.88. The van der Waals surface area contributed by atoms with Crippen molar-refractivity contribution in [1.82, 2.24) is 4.57 Å². The highest BCUT2D eigenvalue weighted by molar-refractivity contribution is 7.17. The van der Waals surface area contributed by atoms with Crippen LogP contribution in [-0.2, 0) is 0 Å². The Morgan fingerprint density at radius 2 is 1.75 bits per heavy atom. The topological polar surface area (TPSA) is 102 Å². The fourth-order valence-electron chi connectivity index (χ4n) is 1.84. The maximum absolute atomic E-state index is 11.2. The van der Waals surface area contributed by atoms with Gasteiger partial charge in [0.05, 0.1) is 5.69 Å². The molecule has 0 radical (unpaired) electrons. The average molecular weight is 288 g/mol. The summed E-state index contributed by atoms with van der Waals surface area (Å²) in [5, 5.41) is 9.16. The molecule has 0 aliphatic carbocycles. The Labute approximate surface area is 116 Å². The first-order valence-electron chi connectivity index (χ1n) is 5.60. The number of carbonyl (C=O) groups is 1. The molecule has 0 amide bonds. The lowest BCUT2D eigenvalue weighted by Crippen LogP contribution is -2.00. The summed E-state index contributed by atoms with van der Waals surface area (Å²) in [6.07, 6.45) is 0. The molecule has 7 heteroatoms. The zero-order chi connectivity index (χ0) is 14.4. The van der Waals surface area contributed by atoms with E-state index in [1.165, 1.54) is 6.07 Å². The van der Waals surface area contributed by atoms with E-state index >= 15 is 0 Å². The molecule has 0 spiro atoms. The summed E-state index contributed by atoms with van der Waals surface area (Å²) in [7, 11) is 0. The van der Waals surface area contributed by atoms with Gasteiger partial charge in [0.15, 0.2) is 0 Å². The van der Waals surface area contributed by atoms with E-state index in [9.17, 15) is 14.4 Å². The van der Waals surface area contributed by atoms with Gasteiger partial charge < -0.3 is 10.8 Å². The molecule has 0 saturated carbocycles.